The van der Waals surface area contributed by atoms with Gasteiger partial charge in [-0.15, -0.1) is 0 Å². The lowest BCUT2D eigenvalue weighted by Crippen LogP contribution is -2.24. The number of rotatable bonds is 7. The fraction of sp³-hybridized carbons (Fsp3) is 0.600. The molecule has 0 spiro atoms. The number of benzene rings is 1. The Morgan fingerprint density at radius 1 is 1.15 bits per heavy atom. The number of nitrogens with one attached hydrogen (secondary N) is 1. The predicted molar refractivity (Wildman–Crippen MR) is 77.0 cm³/mol. The van der Waals surface area contributed by atoms with E-state index >= 15 is 0 Å². The van der Waals surface area contributed by atoms with Gasteiger partial charge in [-0.05, 0) is 37.6 Å². The minimum Gasteiger partial charge on any atom is -0.372 e. The third-order valence-electron chi connectivity index (χ3n) is 3.20. The molecule has 2 nitrogen and oxygen atoms in total. The van der Waals surface area contributed by atoms with E-state index in [2.05, 4.69) is 5.32 Å². The largest absolute Gasteiger partial charge is 0.416 e. The van der Waals surface area contributed by atoms with Crippen LogP contribution in [0, 0.1) is 0 Å². The van der Waals surface area contributed by atoms with Gasteiger partial charge < -0.3 is 10.2 Å². The maximum absolute atomic E-state index is 13.2. The van der Waals surface area contributed by atoms with Crippen LogP contribution in [0.4, 0.5) is 18.9 Å². The van der Waals surface area contributed by atoms with Crippen LogP contribution in [-0.4, -0.2) is 19.6 Å². The van der Waals surface area contributed by atoms with E-state index in [-0.39, 0.29) is 6.54 Å². The van der Waals surface area contributed by atoms with E-state index in [1.54, 1.807) is 12.1 Å². The SMILES string of the molecule is CCCN(CC)c1ccc(CNCC)c(C(F)(F)F)c1. The first kappa shape index (κ1) is 16.8. The van der Waals surface area contributed by atoms with Gasteiger partial charge in [-0.1, -0.05) is 19.9 Å². The molecule has 1 aromatic rings. The third kappa shape index (κ3) is 4.40. The highest BCUT2D eigenvalue weighted by Gasteiger charge is 2.33. The van der Waals surface area contributed by atoms with E-state index in [1.165, 1.54) is 6.07 Å². The van der Waals surface area contributed by atoms with Crippen LogP contribution in [0.15, 0.2) is 18.2 Å². The van der Waals surface area contributed by atoms with Gasteiger partial charge in [0.05, 0.1) is 5.56 Å². The highest BCUT2D eigenvalue weighted by molar-refractivity contribution is 5.52. The van der Waals surface area contributed by atoms with E-state index < -0.39 is 11.7 Å². The van der Waals surface area contributed by atoms with Crippen molar-refractivity contribution in [3.05, 3.63) is 29.3 Å². The zero-order valence-electron chi connectivity index (χ0n) is 12.3. The average Bonchev–Trinajstić information content (AvgIpc) is 2.41. The second-order valence-corrected chi connectivity index (χ2v) is 4.70. The molecule has 0 fully saturated rings. The Morgan fingerprint density at radius 2 is 1.85 bits per heavy atom. The number of alkyl halides is 3. The number of nitrogens with zero attached hydrogens (tertiary/aromatic N) is 1. The molecule has 20 heavy (non-hydrogen) atoms. The van der Waals surface area contributed by atoms with Crippen molar-refractivity contribution in [3.63, 3.8) is 0 Å². The molecule has 0 heterocycles. The number of anilines is 1. The van der Waals surface area contributed by atoms with Crippen molar-refractivity contribution in [1.29, 1.82) is 0 Å². The molecular weight excluding hydrogens is 265 g/mol. The molecule has 1 aromatic carbocycles. The number of hydrogen-bond acceptors (Lipinski definition) is 2. The van der Waals surface area contributed by atoms with Crippen LogP contribution >= 0.6 is 0 Å². The van der Waals surface area contributed by atoms with Crippen LogP contribution in [0.25, 0.3) is 0 Å². The summed E-state index contributed by atoms with van der Waals surface area (Å²) >= 11 is 0. The zero-order valence-corrected chi connectivity index (χ0v) is 12.3. The van der Waals surface area contributed by atoms with Crippen LogP contribution in [-0.2, 0) is 12.7 Å². The molecule has 0 radical (unpaired) electrons. The summed E-state index contributed by atoms with van der Waals surface area (Å²) < 4.78 is 39.5. The zero-order chi connectivity index (χ0) is 15.2. The van der Waals surface area contributed by atoms with Crippen molar-refractivity contribution in [2.75, 3.05) is 24.5 Å². The maximum Gasteiger partial charge on any atom is 0.416 e. The highest BCUT2D eigenvalue weighted by atomic mass is 19.4. The van der Waals surface area contributed by atoms with E-state index in [1.807, 2.05) is 25.7 Å². The summed E-state index contributed by atoms with van der Waals surface area (Å²) in [4.78, 5) is 1.96. The van der Waals surface area contributed by atoms with Crippen LogP contribution in [0.5, 0.6) is 0 Å². The lowest BCUT2D eigenvalue weighted by Gasteiger charge is -2.24. The first-order valence-corrected chi connectivity index (χ1v) is 7.09. The number of hydrogen-bond donors (Lipinski definition) is 1. The van der Waals surface area contributed by atoms with Crippen molar-refractivity contribution in [1.82, 2.24) is 5.32 Å². The molecule has 0 aliphatic heterocycles. The molecule has 5 heteroatoms. The van der Waals surface area contributed by atoms with Gasteiger partial charge in [-0.2, -0.15) is 13.2 Å². The number of halogens is 3. The van der Waals surface area contributed by atoms with Gasteiger partial charge in [0.15, 0.2) is 0 Å². The van der Waals surface area contributed by atoms with Gasteiger partial charge in [0.2, 0.25) is 0 Å². The van der Waals surface area contributed by atoms with Gasteiger partial charge in [0.25, 0.3) is 0 Å². The minimum atomic E-state index is -4.31. The van der Waals surface area contributed by atoms with Gasteiger partial charge >= 0.3 is 6.18 Å². The van der Waals surface area contributed by atoms with E-state index in [4.69, 9.17) is 0 Å². The standard InChI is InChI=1S/C15H23F3N2/c1-4-9-20(6-3)13-8-7-12(11-19-5-2)14(10-13)15(16,17)18/h7-8,10,19H,4-6,9,11H2,1-3H3. The summed E-state index contributed by atoms with van der Waals surface area (Å²) in [6, 6.07) is 4.63. The highest BCUT2D eigenvalue weighted by Crippen LogP contribution is 2.34. The lowest BCUT2D eigenvalue weighted by molar-refractivity contribution is -0.138. The topological polar surface area (TPSA) is 15.3 Å². The van der Waals surface area contributed by atoms with Gasteiger partial charge in [0, 0.05) is 25.3 Å². The molecule has 0 saturated carbocycles. The van der Waals surface area contributed by atoms with Gasteiger partial charge in [-0.3, -0.25) is 0 Å². The Hall–Kier alpha value is -1.23. The van der Waals surface area contributed by atoms with E-state index in [9.17, 15) is 13.2 Å². The molecule has 0 saturated heterocycles. The summed E-state index contributed by atoms with van der Waals surface area (Å²) in [6.45, 7) is 8.21. The van der Waals surface area contributed by atoms with Crippen LogP contribution in [0.2, 0.25) is 0 Å². The van der Waals surface area contributed by atoms with Gasteiger partial charge in [0.1, 0.15) is 0 Å². The Bertz CT molecular complexity index is 416. The summed E-state index contributed by atoms with van der Waals surface area (Å²) in [6.07, 6.45) is -3.40. The first-order valence-electron chi connectivity index (χ1n) is 7.09. The third-order valence-corrected chi connectivity index (χ3v) is 3.20. The fourth-order valence-electron chi connectivity index (χ4n) is 2.18. The Balaban J connectivity index is 3.13. The molecule has 0 atom stereocenters. The molecule has 0 aromatic heterocycles. The normalized spacial score (nSPS) is 11.7. The minimum absolute atomic E-state index is 0.242. The van der Waals surface area contributed by atoms with Gasteiger partial charge in [-0.25, -0.2) is 0 Å². The van der Waals surface area contributed by atoms with Crippen molar-refractivity contribution in [2.24, 2.45) is 0 Å². The maximum atomic E-state index is 13.2. The molecule has 114 valence electrons. The van der Waals surface area contributed by atoms with Crippen LogP contribution in [0.1, 0.15) is 38.3 Å². The quantitative estimate of drug-likeness (QED) is 0.814. The Labute approximate surface area is 119 Å². The lowest BCUT2D eigenvalue weighted by atomic mass is 10.0. The molecule has 0 aliphatic carbocycles. The Kier molecular flexibility index (Phi) is 6.33. The molecule has 1 N–H and O–H groups in total. The summed E-state index contributed by atoms with van der Waals surface area (Å²) in [5, 5.41) is 2.95. The molecular formula is C15H23F3N2. The van der Waals surface area contributed by atoms with Crippen molar-refractivity contribution >= 4 is 5.69 Å². The summed E-state index contributed by atoms with van der Waals surface area (Å²) in [5.74, 6) is 0. The summed E-state index contributed by atoms with van der Waals surface area (Å²) in [7, 11) is 0. The fourth-order valence-corrected chi connectivity index (χ4v) is 2.18. The molecule has 0 aliphatic rings. The van der Waals surface area contributed by atoms with Crippen molar-refractivity contribution < 1.29 is 13.2 Å². The average molecular weight is 288 g/mol. The van der Waals surface area contributed by atoms with Crippen LogP contribution in [0.3, 0.4) is 0 Å². The van der Waals surface area contributed by atoms with E-state index in [0.29, 0.717) is 24.3 Å². The summed E-state index contributed by atoms with van der Waals surface area (Å²) in [5.41, 5.74) is 0.406. The second-order valence-electron chi connectivity index (χ2n) is 4.70. The van der Waals surface area contributed by atoms with E-state index in [0.717, 1.165) is 13.0 Å². The smallest absolute Gasteiger partial charge is 0.372 e. The molecule has 0 bridgehead atoms. The first-order chi connectivity index (χ1) is 9.43. The molecule has 0 amide bonds. The molecule has 0 unspecified atom stereocenters. The molecule has 1 rings (SSSR count). The Morgan fingerprint density at radius 3 is 2.35 bits per heavy atom. The van der Waals surface area contributed by atoms with Crippen molar-refractivity contribution in [2.45, 2.75) is 39.9 Å². The monoisotopic (exact) mass is 288 g/mol. The second kappa shape index (κ2) is 7.53. The van der Waals surface area contributed by atoms with Crippen LogP contribution < -0.4 is 10.2 Å². The van der Waals surface area contributed by atoms with Crippen molar-refractivity contribution in [3.8, 4) is 0 Å². The predicted octanol–water partition coefficient (Wildman–Crippen LogP) is 4.05.